The van der Waals surface area contributed by atoms with Crippen molar-refractivity contribution in [3.8, 4) is 0 Å². The third kappa shape index (κ3) is 1.49. The Morgan fingerprint density at radius 3 is 2.85 bits per heavy atom. The molecule has 3 aliphatic carbocycles. The number of nitrogens with zero attached hydrogens (tertiary/aromatic N) is 2. The summed E-state index contributed by atoms with van der Waals surface area (Å²) in [6.07, 6.45) is 7.32. The minimum absolute atomic E-state index is 0.129. The molecular formula is C22H26N2O3. The first-order valence-electron chi connectivity index (χ1n) is 10.3. The van der Waals surface area contributed by atoms with Crippen LogP contribution in [0.25, 0.3) is 0 Å². The lowest BCUT2D eigenvalue weighted by molar-refractivity contribution is -0.175. The van der Waals surface area contributed by atoms with Crippen LogP contribution in [0, 0.1) is 11.3 Å². The summed E-state index contributed by atoms with van der Waals surface area (Å²) in [5.41, 5.74) is 1.89. The zero-order valence-electron chi connectivity index (χ0n) is 15.8. The van der Waals surface area contributed by atoms with E-state index in [1.165, 1.54) is 25.5 Å². The first-order chi connectivity index (χ1) is 13.1. The Labute approximate surface area is 159 Å². The molecule has 3 heterocycles. The van der Waals surface area contributed by atoms with Crippen LogP contribution in [0.2, 0.25) is 0 Å². The highest BCUT2D eigenvalue weighted by atomic mass is 16.5. The summed E-state index contributed by atoms with van der Waals surface area (Å²) in [7, 11) is 1.50. The molecule has 5 heteroatoms. The molecule has 5 atom stereocenters. The van der Waals surface area contributed by atoms with Crippen LogP contribution < -0.4 is 4.90 Å². The lowest BCUT2D eigenvalue weighted by Crippen LogP contribution is -2.78. The number of benzene rings is 1. The van der Waals surface area contributed by atoms with Crippen molar-refractivity contribution in [3.05, 3.63) is 29.8 Å². The van der Waals surface area contributed by atoms with Crippen molar-refractivity contribution in [3.63, 3.8) is 0 Å². The quantitative estimate of drug-likeness (QED) is 0.596. The average Bonchev–Trinajstić information content (AvgIpc) is 3.23. The van der Waals surface area contributed by atoms with E-state index in [0.29, 0.717) is 6.04 Å². The topological polar surface area (TPSA) is 49.9 Å². The molecule has 0 radical (unpaired) electrons. The lowest BCUT2D eigenvalue weighted by Gasteiger charge is -2.69. The maximum Gasteiger partial charge on any atom is 0.311 e. The fraction of sp³-hybridized carbons (Fsp3) is 0.636. The number of carbonyl (C=O) groups excluding carboxylic acids is 2. The first-order valence-corrected chi connectivity index (χ1v) is 10.3. The number of ether oxygens (including phenoxy) is 1. The number of rotatable bonds is 2. The van der Waals surface area contributed by atoms with E-state index in [0.717, 1.165) is 50.9 Å². The molecule has 5 nitrogen and oxygen atoms in total. The Bertz CT molecular complexity index is 856. The minimum Gasteiger partial charge on any atom is -0.469 e. The Morgan fingerprint density at radius 1 is 1.19 bits per heavy atom. The van der Waals surface area contributed by atoms with Crippen molar-refractivity contribution >= 4 is 18.1 Å². The van der Waals surface area contributed by atoms with Crippen LogP contribution in [0.15, 0.2) is 24.3 Å². The summed E-state index contributed by atoms with van der Waals surface area (Å²) in [6, 6.07) is 8.86. The van der Waals surface area contributed by atoms with Gasteiger partial charge in [-0.2, -0.15) is 0 Å². The molecule has 7 rings (SSSR count). The van der Waals surface area contributed by atoms with Crippen LogP contribution in [-0.4, -0.2) is 49.1 Å². The second-order valence-corrected chi connectivity index (χ2v) is 9.32. The third-order valence-electron chi connectivity index (χ3n) is 8.95. The SMILES string of the molecule is COC(=O)[C@H]1C[C@@]23CCCN4CC[C@]5(c6ccccc6N(C=O)[C@@]15CC2)[C@H]43. The molecule has 3 saturated carbocycles. The van der Waals surface area contributed by atoms with Gasteiger partial charge in [0.15, 0.2) is 0 Å². The van der Waals surface area contributed by atoms with Gasteiger partial charge in [-0.05, 0) is 68.7 Å². The van der Waals surface area contributed by atoms with E-state index in [4.69, 9.17) is 4.74 Å². The highest BCUT2D eigenvalue weighted by Gasteiger charge is 2.80. The molecule has 0 aromatic heterocycles. The van der Waals surface area contributed by atoms with Crippen LogP contribution in [0.4, 0.5) is 5.69 Å². The zero-order valence-corrected chi connectivity index (χ0v) is 15.8. The number of methoxy groups -OCH3 is 1. The maximum atomic E-state index is 13.1. The van der Waals surface area contributed by atoms with Gasteiger partial charge in [0.25, 0.3) is 0 Å². The predicted octanol–water partition coefficient (Wildman–Crippen LogP) is 2.48. The summed E-state index contributed by atoms with van der Waals surface area (Å²) >= 11 is 0. The molecule has 1 amide bonds. The number of para-hydroxylation sites is 1. The summed E-state index contributed by atoms with van der Waals surface area (Å²) in [6.45, 7) is 2.22. The van der Waals surface area contributed by atoms with Crippen molar-refractivity contribution < 1.29 is 14.3 Å². The van der Waals surface area contributed by atoms with E-state index >= 15 is 0 Å². The molecule has 27 heavy (non-hydrogen) atoms. The summed E-state index contributed by atoms with van der Waals surface area (Å²) in [5.74, 6) is -0.362. The molecule has 3 aliphatic heterocycles. The normalized spacial score (nSPS) is 43.8. The van der Waals surface area contributed by atoms with Gasteiger partial charge in [-0.1, -0.05) is 18.2 Å². The van der Waals surface area contributed by atoms with Crippen molar-refractivity contribution in [2.24, 2.45) is 11.3 Å². The van der Waals surface area contributed by atoms with Gasteiger partial charge in [-0.25, -0.2) is 0 Å². The number of amides is 1. The molecule has 6 aliphatic rings. The monoisotopic (exact) mass is 366 g/mol. The zero-order chi connectivity index (χ0) is 18.4. The number of piperidine rings is 1. The van der Waals surface area contributed by atoms with Gasteiger partial charge in [0.2, 0.25) is 6.41 Å². The fourth-order valence-corrected chi connectivity index (χ4v) is 8.44. The Balaban J connectivity index is 1.69. The molecule has 5 fully saturated rings. The van der Waals surface area contributed by atoms with Crippen LogP contribution in [0.5, 0.6) is 0 Å². The third-order valence-corrected chi connectivity index (χ3v) is 8.95. The van der Waals surface area contributed by atoms with Crippen LogP contribution in [0.3, 0.4) is 0 Å². The Hall–Kier alpha value is -1.88. The summed E-state index contributed by atoms with van der Waals surface area (Å²) in [5, 5.41) is 0. The van der Waals surface area contributed by atoms with Crippen molar-refractivity contribution in [2.45, 2.75) is 55.5 Å². The second kappa shape index (κ2) is 4.93. The molecule has 1 aromatic rings. The first kappa shape index (κ1) is 16.1. The number of hydrogen-bond acceptors (Lipinski definition) is 4. The molecular weight excluding hydrogens is 340 g/mol. The van der Waals surface area contributed by atoms with Crippen LogP contribution in [-0.2, 0) is 19.7 Å². The number of fused-ring (bicyclic) bond motifs is 3. The molecule has 1 aromatic carbocycles. The van der Waals surface area contributed by atoms with Gasteiger partial charge in [0.05, 0.1) is 18.6 Å². The predicted molar refractivity (Wildman–Crippen MR) is 100 cm³/mol. The van der Waals surface area contributed by atoms with Crippen molar-refractivity contribution in [1.82, 2.24) is 4.90 Å². The van der Waals surface area contributed by atoms with E-state index < -0.39 is 5.54 Å². The molecule has 2 bridgehead atoms. The van der Waals surface area contributed by atoms with E-state index in [1.807, 2.05) is 11.0 Å². The van der Waals surface area contributed by atoms with Crippen LogP contribution >= 0.6 is 0 Å². The van der Waals surface area contributed by atoms with Gasteiger partial charge in [-0.3, -0.25) is 14.5 Å². The van der Waals surface area contributed by atoms with Gasteiger partial charge in [0.1, 0.15) is 0 Å². The maximum absolute atomic E-state index is 13.1. The minimum atomic E-state index is -0.468. The van der Waals surface area contributed by atoms with Gasteiger partial charge >= 0.3 is 5.97 Å². The van der Waals surface area contributed by atoms with Gasteiger partial charge in [0, 0.05) is 17.1 Å². The number of anilines is 1. The molecule has 0 N–H and O–H groups in total. The average molecular weight is 366 g/mol. The van der Waals surface area contributed by atoms with Gasteiger partial charge < -0.3 is 9.64 Å². The molecule has 3 spiro atoms. The Kier molecular flexibility index (Phi) is 2.94. The second-order valence-electron chi connectivity index (χ2n) is 9.32. The standard InChI is InChI=1S/C22H26N2O3/c1-27-18(26)16-13-20-7-4-11-23-12-10-21(19(20)23)15-5-2-3-6-17(15)24(14-25)22(16,21)9-8-20/h2-3,5-6,14,16,19H,4,7-13H2,1H3/t16-,19-,20-,21+,22+/m1/s1. The highest BCUT2D eigenvalue weighted by Crippen LogP contribution is 2.75. The molecule has 142 valence electrons. The van der Waals surface area contributed by atoms with E-state index in [1.54, 1.807) is 0 Å². The van der Waals surface area contributed by atoms with Crippen molar-refractivity contribution in [2.75, 3.05) is 25.1 Å². The fourth-order valence-electron chi connectivity index (χ4n) is 8.44. The van der Waals surface area contributed by atoms with Gasteiger partial charge in [-0.15, -0.1) is 0 Å². The smallest absolute Gasteiger partial charge is 0.311 e. The molecule has 0 unspecified atom stereocenters. The summed E-state index contributed by atoms with van der Waals surface area (Å²) in [4.78, 5) is 30.2. The molecule has 2 saturated heterocycles. The summed E-state index contributed by atoms with van der Waals surface area (Å²) < 4.78 is 5.32. The number of carbonyl (C=O) groups is 2. The van der Waals surface area contributed by atoms with Crippen molar-refractivity contribution in [1.29, 1.82) is 0 Å². The van der Waals surface area contributed by atoms with E-state index in [2.05, 4.69) is 23.1 Å². The number of hydrogen-bond donors (Lipinski definition) is 0. The van der Waals surface area contributed by atoms with E-state index in [9.17, 15) is 9.59 Å². The van der Waals surface area contributed by atoms with E-state index in [-0.39, 0.29) is 22.7 Å². The highest BCUT2D eigenvalue weighted by molar-refractivity contribution is 5.90. The largest absolute Gasteiger partial charge is 0.469 e. The lowest BCUT2D eigenvalue weighted by atomic mass is 9.38. The number of esters is 1. The Morgan fingerprint density at radius 2 is 2.04 bits per heavy atom. The van der Waals surface area contributed by atoms with Crippen LogP contribution in [0.1, 0.15) is 44.1 Å².